The molecule has 3 nitrogen and oxygen atoms in total. The van der Waals surface area contributed by atoms with Crippen LogP contribution in [0.4, 0.5) is 0 Å². The minimum atomic E-state index is -0.103. The predicted octanol–water partition coefficient (Wildman–Crippen LogP) is 5.77. The summed E-state index contributed by atoms with van der Waals surface area (Å²) in [7, 11) is 0. The van der Waals surface area contributed by atoms with E-state index in [-0.39, 0.29) is 17.2 Å². The van der Waals surface area contributed by atoms with Gasteiger partial charge in [-0.25, -0.2) is 4.99 Å². The highest BCUT2D eigenvalue weighted by Gasteiger charge is 2.45. The van der Waals surface area contributed by atoms with Crippen LogP contribution in [0.25, 0.3) is 5.70 Å². The summed E-state index contributed by atoms with van der Waals surface area (Å²) in [5.74, 6) is 0.143. The van der Waals surface area contributed by atoms with Gasteiger partial charge in [0, 0.05) is 10.6 Å². The third-order valence-electron chi connectivity index (χ3n) is 5.77. The van der Waals surface area contributed by atoms with Gasteiger partial charge in [0.05, 0.1) is 17.0 Å². The maximum absolute atomic E-state index is 13.0. The van der Waals surface area contributed by atoms with E-state index in [0.717, 1.165) is 35.7 Å². The number of halogens is 1. The minimum absolute atomic E-state index is 0.101. The topological polar surface area (TPSA) is 32.7 Å². The van der Waals surface area contributed by atoms with Crippen molar-refractivity contribution in [2.24, 2.45) is 4.99 Å². The number of amidine groups is 1. The molecule has 0 spiro atoms. The molecule has 0 radical (unpaired) electrons. The van der Waals surface area contributed by atoms with Crippen LogP contribution in [0, 0.1) is 6.92 Å². The average molecular weight is 409 g/mol. The van der Waals surface area contributed by atoms with Crippen molar-refractivity contribution in [2.75, 3.05) is 0 Å². The quantitative estimate of drug-likeness (QED) is 0.599. The predicted molar refractivity (Wildman–Crippen MR) is 117 cm³/mol. The smallest absolute Gasteiger partial charge is 0.242 e. The molecule has 0 saturated carbocycles. The molecule has 0 bridgehead atoms. The molecule has 2 atom stereocenters. The Kier molecular flexibility index (Phi) is 4.37. The van der Waals surface area contributed by atoms with Gasteiger partial charge < -0.3 is 0 Å². The number of carbonyl (C=O) groups excluding carboxylic acids is 1. The fourth-order valence-electron chi connectivity index (χ4n) is 4.41. The van der Waals surface area contributed by atoms with Crippen molar-refractivity contribution in [1.29, 1.82) is 0 Å². The molecule has 1 amide bonds. The van der Waals surface area contributed by atoms with Gasteiger partial charge in [-0.15, -0.1) is 0 Å². The van der Waals surface area contributed by atoms with Crippen LogP contribution in [-0.4, -0.2) is 21.2 Å². The van der Waals surface area contributed by atoms with E-state index in [9.17, 15) is 4.79 Å². The monoisotopic (exact) mass is 408 g/mol. The Morgan fingerprint density at radius 3 is 2.71 bits per heavy atom. The number of aliphatic imine (C=N–C) groups is 1. The fraction of sp³-hybridized carbons (Fsp3) is 0.304. The zero-order chi connectivity index (χ0) is 19.4. The summed E-state index contributed by atoms with van der Waals surface area (Å²) < 4.78 is 0. The molecule has 142 valence electrons. The largest absolute Gasteiger partial charge is 0.279 e. The van der Waals surface area contributed by atoms with Crippen LogP contribution in [0.3, 0.4) is 0 Å². The second-order valence-electron chi connectivity index (χ2n) is 7.70. The van der Waals surface area contributed by atoms with Crippen LogP contribution in [0.2, 0.25) is 5.02 Å². The van der Waals surface area contributed by atoms with E-state index in [1.165, 1.54) is 22.3 Å². The van der Waals surface area contributed by atoms with Crippen molar-refractivity contribution in [1.82, 2.24) is 4.90 Å². The van der Waals surface area contributed by atoms with Gasteiger partial charge in [-0.3, -0.25) is 9.69 Å². The molecule has 1 fully saturated rings. The molecule has 5 heteroatoms. The molecule has 2 heterocycles. The summed E-state index contributed by atoms with van der Waals surface area (Å²) in [4.78, 5) is 20.0. The van der Waals surface area contributed by atoms with Crippen LogP contribution in [0.1, 0.15) is 48.1 Å². The Hall–Kier alpha value is -2.04. The molecule has 1 saturated heterocycles. The van der Waals surface area contributed by atoms with Gasteiger partial charge in [0.1, 0.15) is 0 Å². The number of benzene rings is 2. The molecular weight excluding hydrogens is 388 g/mol. The number of hydrogen-bond donors (Lipinski definition) is 0. The average Bonchev–Trinajstić information content (AvgIpc) is 2.85. The third kappa shape index (κ3) is 2.82. The van der Waals surface area contributed by atoms with E-state index >= 15 is 0 Å². The normalized spacial score (nSPS) is 23.8. The molecule has 5 rings (SSSR count). The number of nitrogens with zero attached hydrogens (tertiary/aromatic N) is 2. The standard InChI is InChI=1S/C23H21ClN2OS/c1-13-6-7-15-4-3-5-18-20(19(15)12-13)25-23-26(22(27)14(2)28-23)21(18)16-8-10-17(24)11-9-16/h6-12,14,21H,3-5H2,1-2H3. The lowest BCUT2D eigenvalue weighted by atomic mass is 9.90. The number of rotatable bonds is 1. The minimum Gasteiger partial charge on any atom is -0.279 e. The molecule has 0 N–H and O–H groups in total. The Bertz CT molecular complexity index is 1040. The SMILES string of the molecule is Cc1ccc2c(c1)C1=C(CCC2)C(c2ccc(Cl)cc2)N2C(=O)C(C)SC2=N1. The zero-order valence-corrected chi connectivity index (χ0v) is 17.5. The highest BCUT2D eigenvalue weighted by atomic mass is 35.5. The highest BCUT2D eigenvalue weighted by molar-refractivity contribution is 8.15. The molecule has 2 aromatic rings. The molecule has 2 unspecified atom stereocenters. The van der Waals surface area contributed by atoms with Gasteiger partial charge in [0.2, 0.25) is 5.91 Å². The van der Waals surface area contributed by atoms with E-state index in [0.29, 0.717) is 5.02 Å². The number of aryl methyl sites for hydroxylation is 2. The fourth-order valence-corrected chi connectivity index (χ4v) is 5.52. The van der Waals surface area contributed by atoms with E-state index in [4.69, 9.17) is 16.6 Å². The van der Waals surface area contributed by atoms with Crippen LogP contribution in [0.15, 0.2) is 53.0 Å². The summed E-state index contributed by atoms with van der Waals surface area (Å²) in [6.07, 6.45) is 3.04. The lowest BCUT2D eigenvalue weighted by Gasteiger charge is -2.34. The van der Waals surface area contributed by atoms with Crippen molar-refractivity contribution < 1.29 is 4.79 Å². The summed E-state index contributed by atoms with van der Waals surface area (Å²) in [5.41, 5.74) is 7.23. The molecule has 3 aliphatic rings. The first-order chi connectivity index (χ1) is 13.5. The number of fused-ring (bicyclic) bond motifs is 3. The van der Waals surface area contributed by atoms with E-state index in [1.807, 2.05) is 36.1 Å². The number of carbonyl (C=O) groups is 1. The van der Waals surface area contributed by atoms with Crippen LogP contribution < -0.4 is 0 Å². The lowest BCUT2D eigenvalue weighted by molar-refractivity contribution is -0.127. The van der Waals surface area contributed by atoms with Crippen molar-refractivity contribution in [3.05, 3.63) is 75.3 Å². The summed E-state index contributed by atoms with van der Waals surface area (Å²) >= 11 is 7.71. The second kappa shape index (κ2) is 6.78. The maximum Gasteiger partial charge on any atom is 0.242 e. The number of thioether (sulfide) groups is 1. The Morgan fingerprint density at radius 1 is 1.14 bits per heavy atom. The van der Waals surface area contributed by atoms with E-state index in [2.05, 4.69) is 25.1 Å². The van der Waals surface area contributed by atoms with Gasteiger partial charge in [-0.05, 0) is 68.0 Å². The maximum atomic E-state index is 13.0. The first-order valence-electron chi connectivity index (χ1n) is 9.70. The van der Waals surface area contributed by atoms with Crippen LogP contribution in [0.5, 0.6) is 0 Å². The molecule has 0 aromatic heterocycles. The van der Waals surface area contributed by atoms with Gasteiger partial charge >= 0.3 is 0 Å². The molecular formula is C23H21ClN2OS. The first-order valence-corrected chi connectivity index (χ1v) is 11.0. The van der Waals surface area contributed by atoms with Gasteiger partial charge in [-0.2, -0.15) is 0 Å². The number of amides is 1. The Balaban J connectivity index is 1.75. The van der Waals surface area contributed by atoms with Crippen molar-refractivity contribution in [3.8, 4) is 0 Å². The zero-order valence-electron chi connectivity index (χ0n) is 15.9. The van der Waals surface area contributed by atoms with Crippen LogP contribution in [-0.2, 0) is 11.2 Å². The van der Waals surface area contributed by atoms with E-state index < -0.39 is 0 Å². The molecule has 2 aliphatic heterocycles. The molecule has 1 aliphatic carbocycles. The summed E-state index contributed by atoms with van der Waals surface area (Å²) in [5, 5.41) is 1.43. The highest BCUT2D eigenvalue weighted by Crippen LogP contribution is 2.48. The Labute approximate surface area is 174 Å². The van der Waals surface area contributed by atoms with Gasteiger partial charge in [0.25, 0.3) is 0 Å². The van der Waals surface area contributed by atoms with Crippen molar-refractivity contribution in [2.45, 2.75) is 44.4 Å². The summed E-state index contributed by atoms with van der Waals surface area (Å²) in [6, 6.07) is 14.5. The van der Waals surface area contributed by atoms with Crippen LogP contribution >= 0.6 is 23.4 Å². The first kappa shape index (κ1) is 18.0. The van der Waals surface area contributed by atoms with Gasteiger partial charge in [0.15, 0.2) is 5.17 Å². The number of hydrogen-bond acceptors (Lipinski definition) is 3. The summed E-state index contributed by atoms with van der Waals surface area (Å²) in [6.45, 7) is 4.09. The third-order valence-corrected chi connectivity index (χ3v) is 7.08. The Morgan fingerprint density at radius 2 is 1.93 bits per heavy atom. The molecule has 2 aromatic carbocycles. The van der Waals surface area contributed by atoms with Crippen molar-refractivity contribution in [3.63, 3.8) is 0 Å². The lowest BCUT2D eigenvalue weighted by Crippen LogP contribution is -2.38. The van der Waals surface area contributed by atoms with E-state index in [1.54, 1.807) is 11.8 Å². The molecule has 28 heavy (non-hydrogen) atoms. The van der Waals surface area contributed by atoms with Gasteiger partial charge in [-0.1, -0.05) is 53.2 Å². The van der Waals surface area contributed by atoms with Crippen molar-refractivity contribution >= 4 is 40.1 Å². The second-order valence-corrected chi connectivity index (χ2v) is 9.45.